The number of anilines is 1. The number of aryl methyl sites for hydroxylation is 2. The molecule has 6 heteroatoms. The van der Waals surface area contributed by atoms with Crippen LogP contribution < -0.4 is 11.1 Å². The second-order valence-electron chi connectivity index (χ2n) is 4.17. The quantitative estimate of drug-likeness (QED) is 0.708. The van der Waals surface area contributed by atoms with E-state index in [1.54, 1.807) is 18.3 Å². The third-order valence-corrected chi connectivity index (χ3v) is 2.71. The van der Waals surface area contributed by atoms with Gasteiger partial charge in [0.05, 0.1) is 29.2 Å². The zero-order chi connectivity index (χ0) is 14.5. The first-order valence-electron chi connectivity index (χ1n) is 6.10. The fourth-order valence-corrected chi connectivity index (χ4v) is 1.74. The smallest absolute Gasteiger partial charge is 0.275 e. The molecular weight excluding hydrogens is 254 g/mol. The summed E-state index contributed by atoms with van der Waals surface area (Å²) in [5, 5.41) is 9.64. The van der Waals surface area contributed by atoms with E-state index >= 15 is 0 Å². The van der Waals surface area contributed by atoms with Crippen LogP contribution in [0.15, 0.2) is 18.3 Å². The maximum atomic E-state index is 12.3. The number of aromatic nitrogens is 3. The zero-order valence-corrected chi connectivity index (χ0v) is 11.3. The first kappa shape index (κ1) is 13.8. The van der Waals surface area contributed by atoms with Crippen molar-refractivity contribution in [3.8, 4) is 11.8 Å². The van der Waals surface area contributed by atoms with Gasteiger partial charge in [0, 0.05) is 6.20 Å². The van der Waals surface area contributed by atoms with Crippen molar-refractivity contribution in [2.75, 3.05) is 11.9 Å². The van der Waals surface area contributed by atoms with E-state index in [4.69, 9.17) is 5.73 Å². The minimum atomic E-state index is -0.320. The Morgan fingerprint density at radius 3 is 2.95 bits per heavy atom. The molecule has 0 bridgehead atoms. The largest absolute Gasteiger partial charge is 0.320 e. The number of nitrogens with zero attached hydrogens (tertiary/aromatic N) is 2. The minimum absolute atomic E-state index is 0.232. The molecule has 0 saturated heterocycles. The second kappa shape index (κ2) is 5.99. The summed E-state index contributed by atoms with van der Waals surface area (Å²) in [5.74, 6) is 5.24. The summed E-state index contributed by atoms with van der Waals surface area (Å²) in [4.78, 5) is 16.4. The fourth-order valence-electron chi connectivity index (χ4n) is 1.74. The van der Waals surface area contributed by atoms with E-state index in [2.05, 4.69) is 32.3 Å². The van der Waals surface area contributed by atoms with Gasteiger partial charge in [0.15, 0.2) is 0 Å². The van der Waals surface area contributed by atoms with Gasteiger partial charge in [-0.1, -0.05) is 11.8 Å². The molecule has 1 amide bonds. The van der Waals surface area contributed by atoms with Crippen LogP contribution in [0.4, 0.5) is 5.69 Å². The van der Waals surface area contributed by atoms with E-state index in [1.807, 2.05) is 13.8 Å². The number of hydrogen-bond acceptors (Lipinski definition) is 4. The van der Waals surface area contributed by atoms with Crippen LogP contribution in [0, 0.1) is 25.7 Å². The van der Waals surface area contributed by atoms with Crippen LogP contribution in [0.2, 0.25) is 0 Å². The SMILES string of the molecule is Cc1n[nH]c(C)c1NC(=O)c1ncccc1C#CCN. The molecule has 0 aliphatic carbocycles. The lowest BCUT2D eigenvalue weighted by atomic mass is 10.2. The van der Waals surface area contributed by atoms with Gasteiger partial charge in [-0.05, 0) is 26.0 Å². The highest BCUT2D eigenvalue weighted by atomic mass is 16.1. The summed E-state index contributed by atoms with van der Waals surface area (Å²) >= 11 is 0. The van der Waals surface area contributed by atoms with Gasteiger partial charge in [-0.15, -0.1) is 0 Å². The molecule has 0 aliphatic heterocycles. The molecule has 2 aromatic rings. The van der Waals surface area contributed by atoms with E-state index in [1.165, 1.54) is 0 Å². The summed E-state index contributed by atoms with van der Waals surface area (Å²) in [7, 11) is 0. The first-order chi connectivity index (χ1) is 9.63. The summed E-state index contributed by atoms with van der Waals surface area (Å²) in [6, 6.07) is 3.46. The van der Waals surface area contributed by atoms with Gasteiger partial charge >= 0.3 is 0 Å². The lowest BCUT2D eigenvalue weighted by molar-refractivity contribution is 0.102. The molecule has 2 aromatic heterocycles. The van der Waals surface area contributed by atoms with Crippen molar-refractivity contribution in [1.29, 1.82) is 0 Å². The number of nitrogens with one attached hydrogen (secondary N) is 2. The highest BCUT2D eigenvalue weighted by molar-refractivity contribution is 6.05. The molecule has 0 radical (unpaired) electrons. The molecular formula is C14H15N5O. The topological polar surface area (TPSA) is 96.7 Å². The predicted octanol–water partition coefficient (Wildman–Crippen LogP) is 0.984. The highest BCUT2D eigenvalue weighted by Crippen LogP contribution is 2.17. The van der Waals surface area contributed by atoms with Gasteiger partial charge in [0.2, 0.25) is 0 Å². The lowest BCUT2D eigenvalue weighted by Gasteiger charge is -2.06. The average Bonchev–Trinajstić information content (AvgIpc) is 2.77. The van der Waals surface area contributed by atoms with Crippen LogP contribution in [0.25, 0.3) is 0 Å². The Hall–Kier alpha value is -2.65. The van der Waals surface area contributed by atoms with Crippen LogP contribution in [0.3, 0.4) is 0 Å². The van der Waals surface area contributed by atoms with Crippen molar-refractivity contribution < 1.29 is 4.79 Å². The van der Waals surface area contributed by atoms with Crippen molar-refractivity contribution in [1.82, 2.24) is 15.2 Å². The van der Waals surface area contributed by atoms with Crippen LogP contribution in [0.1, 0.15) is 27.4 Å². The number of nitrogens with two attached hydrogens (primary N) is 1. The molecule has 0 fully saturated rings. The van der Waals surface area contributed by atoms with Gasteiger partial charge in [-0.25, -0.2) is 4.98 Å². The molecule has 0 atom stereocenters. The number of H-pyrrole nitrogens is 1. The molecule has 0 spiro atoms. The Bertz CT molecular complexity index is 674. The number of carbonyl (C=O) groups is 1. The van der Waals surface area contributed by atoms with E-state index in [-0.39, 0.29) is 18.1 Å². The van der Waals surface area contributed by atoms with E-state index in [9.17, 15) is 4.79 Å². The number of rotatable bonds is 2. The zero-order valence-electron chi connectivity index (χ0n) is 11.3. The van der Waals surface area contributed by atoms with Crippen molar-refractivity contribution in [3.63, 3.8) is 0 Å². The summed E-state index contributed by atoms with van der Waals surface area (Å²) < 4.78 is 0. The van der Waals surface area contributed by atoms with E-state index in [0.717, 1.165) is 11.4 Å². The van der Waals surface area contributed by atoms with Crippen LogP contribution in [-0.2, 0) is 0 Å². The number of hydrogen-bond donors (Lipinski definition) is 3. The number of aromatic amines is 1. The van der Waals surface area contributed by atoms with E-state index < -0.39 is 0 Å². The predicted molar refractivity (Wildman–Crippen MR) is 76.2 cm³/mol. The number of pyridine rings is 1. The Balaban J connectivity index is 2.30. The minimum Gasteiger partial charge on any atom is -0.320 e. The molecule has 102 valence electrons. The average molecular weight is 269 g/mol. The molecule has 4 N–H and O–H groups in total. The van der Waals surface area contributed by atoms with Crippen molar-refractivity contribution in [2.45, 2.75) is 13.8 Å². The summed E-state index contributed by atoms with van der Waals surface area (Å²) in [6.07, 6.45) is 1.55. The van der Waals surface area contributed by atoms with Gasteiger partial charge in [0.1, 0.15) is 5.69 Å². The molecule has 0 aromatic carbocycles. The highest BCUT2D eigenvalue weighted by Gasteiger charge is 2.15. The van der Waals surface area contributed by atoms with Gasteiger partial charge in [0.25, 0.3) is 5.91 Å². The molecule has 0 saturated carbocycles. The molecule has 20 heavy (non-hydrogen) atoms. The third kappa shape index (κ3) is 2.84. The first-order valence-corrected chi connectivity index (χ1v) is 6.10. The Labute approximate surface area is 116 Å². The Morgan fingerprint density at radius 2 is 2.30 bits per heavy atom. The van der Waals surface area contributed by atoms with Crippen molar-refractivity contribution >= 4 is 11.6 Å². The Kier molecular flexibility index (Phi) is 4.13. The van der Waals surface area contributed by atoms with Gasteiger partial charge < -0.3 is 11.1 Å². The standard InChI is InChI=1S/C14H15N5O/c1-9-12(10(2)19-18-9)17-14(20)13-11(5-3-7-15)6-4-8-16-13/h4,6,8H,7,15H2,1-2H3,(H,17,20)(H,18,19). The van der Waals surface area contributed by atoms with Crippen molar-refractivity contribution in [2.24, 2.45) is 5.73 Å². The van der Waals surface area contributed by atoms with Gasteiger partial charge in [-0.2, -0.15) is 5.10 Å². The lowest BCUT2D eigenvalue weighted by Crippen LogP contribution is -2.16. The molecule has 0 aliphatic rings. The normalized spacial score (nSPS) is 9.75. The summed E-state index contributed by atoms with van der Waals surface area (Å²) in [6.45, 7) is 3.88. The number of carbonyl (C=O) groups excluding carboxylic acids is 1. The van der Waals surface area contributed by atoms with Crippen LogP contribution >= 0.6 is 0 Å². The van der Waals surface area contributed by atoms with Gasteiger partial charge in [-0.3, -0.25) is 9.89 Å². The second-order valence-corrected chi connectivity index (χ2v) is 4.17. The maximum absolute atomic E-state index is 12.3. The third-order valence-electron chi connectivity index (χ3n) is 2.71. The fraction of sp³-hybridized carbons (Fsp3) is 0.214. The van der Waals surface area contributed by atoms with Crippen LogP contribution in [0.5, 0.6) is 0 Å². The van der Waals surface area contributed by atoms with Crippen LogP contribution in [-0.4, -0.2) is 27.6 Å². The Morgan fingerprint density at radius 1 is 1.50 bits per heavy atom. The van der Waals surface area contributed by atoms with E-state index in [0.29, 0.717) is 11.3 Å². The number of amides is 1. The molecule has 0 unspecified atom stereocenters. The monoisotopic (exact) mass is 269 g/mol. The summed E-state index contributed by atoms with van der Waals surface area (Å²) in [5.41, 5.74) is 8.35. The van der Waals surface area contributed by atoms with Crippen molar-refractivity contribution in [3.05, 3.63) is 41.0 Å². The molecule has 2 rings (SSSR count). The molecule has 2 heterocycles. The maximum Gasteiger partial charge on any atom is 0.275 e. The molecule has 6 nitrogen and oxygen atoms in total.